The van der Waals surface area contributed by atoms with Crippen molar-refractivity contribution in [1.82, 2.24) is 0 Å². The van der Waals surface area contributed by atoms with Crippen LogP contribution in [0, 0.1) is 0 Å². The summed E-state index contributed by atoms with van der Waals surface area (Å²) in [7, 11) is 1.37. The molecule has 0 radical (unpaired) electrons. The van der Waals surface area contributed by atoms with E-state index in [0.29, 0.717) is 25.3 Å². The van der Waals surface area contributed by atoms with Crippen molar-refractivity contribution in [3.8, 4) is 0 Å². The van der Waals surface area contributed by atoms with E-state index in [4.69, 9.17) is 10.5 Å². The van der Waals surface area contributed by atoms with Gasteiger partial charge in [0.05, 0.1) is 19.3 Å². The van der Waals surface area contributed by atoms with Crippen molar-refractivity contribution in [2.75, 3.05) is 20.3 Å². The average Bonchev–Trinajstić information content (AvgIpc) is 2.34. The number of benzene rings is 1. The van der Waals surface area contributed by atoms with E-state index in [0.717, 1.165) is 12.0 Å². The van der Waals surface area contributed by atoms with Crippen LogP contribution in [-0.4, -0.2) is 26.2 Å². The SMILES string of the molecule is COC(=O)c1cccc(COCCCN)c1. The molecule has 0 aliphatic rings. The van der Waals surface area contributed by atoms with Gasteiger partial charge in [-0.3, -0.25) is 0 Å². The second kappa shape index (κ2) is 6.98. The van der Waals surface area contributed by atoms with Crippen molar-refractivity contribution in [2.24, 2.45) is 5.73 Å². The van der Waals surface area contributed by atoms with Crippen molar-refractivity contribution >= 4 is 5.97 Å². The van der Waals surface area contributed by atoms with Gasteiger partial charge < -0.3 is 15.2 Å². The second-order valence-electron chi connectivity index (χ2n) is 3.39. The molecule has 4 heteroatoms. The smallest absolute Gasteiger partial charge is 0.337 e. The van der Waals surface area contributed by atoms with Crippen LogP contribution in [0.4, 0.5) is 0 Å². The van der Waals surface area contributed by atoms with Crippen LogP contribution in [-0.2, 0) is 16.1 Å². The zero-order valence-electron chi connectivity index (χ0n) is 9.44. The van der Waals surface area contributed by atoms with E-state index < -0.39 is 0 Å². The minimum Gasteiger partial charge on any atom is -0.465 e. The van der Waals surface area contributed by atoms with Crippen LogP contribution < -0.4 is 5.73 Å². The van der Waals surface area contributed by atoms with Crippen LogP contribution in [0.5, 0.6) is 0 Å². The molecule has 1 rings (SSSR count). The molecule has 0 saturated heterocycles. The Morgan fingerprint density at radius 1 is 1.44 bits per heavy atom. The molecule has 2 N–H and O–H groups in total. The summed E-state index contributed by atoms with van der Waals surface area (Å²) >= 11 is 0. The number of rotatable bonds is 6. The lowest BCUT2D eigenvalue weighted by Gasteiger charge is -2.05. The first-order valence-corrected chi connectivity index (χ1v) is 5.23. The van der Waals surface area contributed by atoms with Crippen LogP contribution in [0.2, 0.25) is 0 Å². The fourth-order valence-corrected chi connectivity index (χ4v) is 1.28. The van der Waals surface area contributed by atoms with Crippen molar-refractivity contribution in [2.45, 2.75) is 13.0 Å². The van der Waals surface area contributed by atoms with Crippen LogP contribution in [0.15, 0.2) is 24.3 Å². The summed E-state index contributed by atoms with van der Waals surface area (Å²) in [4.78, 5) is 11.3. The molecule has 1 aromatic rings. The van der Waals surface area contributed by atoms with Gasteiger partial charge in [0.1, 0.15) is 0 Å². The van der Waals surface area contributed by atoms with E-state index in [1.54, 1.807) is 12.1 Å². The van der Waals surface area contributed by atoms with Gasteiger partial charge in [0, 0.05) is 6.61 Å². The molecule has 0 saturated carbocycles. The molecule has 0 bridgehead atoms. The highest BCUT2D eigenvalue weighted by Gasteiger charge is 2.05. The minimum atomic E-state index is -0.330. The predicted molar refractivity (Wildman–Crippen MR) is 61.1 cm³/mol. The van der Waals surface area contributed by atoms with Crippen molar-refractivity contribution in [3.05, 3.63) is 35.4 Å². The molecule has 16 heavy (non-hydrogen) atoms. The van der Waals surface area contributed by atoms with E-state index in [9.17, 15) is 4.79 Å². The highest BCUT2D eigenvalue weighted by Crippen LogP contribution is 2.07. The molecule has 0 aliphatic heterocycles. The molecular weight excluding hydrogens is 206 g/mol. The van der Waals surface area contributed by atoms with Crippen molar-refractivity contribution in [3.63, 3.8) is 0 Å². The topological polar surface area (TPSA) is 61.5 Å². The molecule has 0 unspecified atom stereocenters. The number of carbonyl (C=O) groups excluding carboxylic acids is 1. The predicted octanol–water partition coefficient (Wildman–Crippen LogP) is 1.34. The summed E-state index contributed by atoms with van der Waals surface area (Å²) < 4.78 is 10.0. The number of nitrogens with two attached hydrogens (primary N) is 1. The van der Waals surface area contributed by atoms with E-state index >= 15 is 0 Å². The third-order valence-corrected chi connectivity index (χ3v) is 2.11. The number of esters is 1. The number of methoxy groups -OCH3 is 1. The quantitative estimate of drug-likeness (QED) is 0.584. The first-order chi connectivity index (χ1) is 7.77. The third kappa shape index (κ3) is 4.00. The third-order valence-electron chi connectivity index (χ3n) is 2.11. The molecule has 88 valence electrons. The molecule has 0 atom stereocenters. The van der Waals surface area contributed by atoms with E-state index in [1.165, 1.54) is 7.11 Å². The van der Waals surface area contributed by atoms with E-state index in [1.807, 2.05) is 12.1 Å². The van der Waals surface area contributed by atoms with Crippen LogP contribution in [0.1, 0.15) is 22.3 Å². The standard InChI is InChI=1S/C12H17NO3/c1-15-12(14)11-5-2-4-10(8-11)9-16-7-3-6-13/h2,4-5,8H,3,6-7,9,13H2,1H3. The second-order valence-corrected chi connectivity index (χ2v) is 3.39. The summed E-state index contributed by atoms with van der Waals surface area (Å²) in [5.74, 6) is -0.330. The fourth-order valence-electron chi connectivity index (χ4n) is 1.28. The normalized spacial score (nSPS) is 10.1. The molecule has 0 aromatic heterocycles. The summed E-state index contributed by atoms with van der Waals surface area (Å²) in [5.41, 5.74) is 6.85. The lowest BCUT2D eigenvalue weighted by molar-refractivity contribution is 0.0600. The summed E-state index contributed by atoms with van der Waals surface area (Å²) in [6.07, 6.45) is 0.844. The Labute approximate surface area is 95.3 Å². The maximum atomic E-state index is 11.3. The van der Waals surface area contributed by atoms with Gasteiger partial charge >= 0.3 is 5.97 Å². The van der Waals surface area contributed by atoms with Gasteiger partial charge in [0.25, 0.3) is 0 Å². The van der Waals surface area contributed by atoms with Crippen LogP contribution in [0.3, 0.4) is 0 Å². The van der Waals surface area contributed by atoms with Crippen molar-refractivity contribution in [1.29, 1.82) is 0 Å². The Hall–Kier alpha value is -1.39. The fraction of sp³-hybridized carbons (Fsp3) is 0.417. The number of hydrogen-bond acceptors (Lipinski definition) is 4. The lowest BCUT2D eigenvalue weighted by atomic mass is 10.1. The minimum absolute atomic E-state index is 0.330. The summed E-state index contributed by atoms with van der Waals surface area (Å²) in [5, 5.41) is 0. The van der Waals surface area contributed by atoms with Gasteiger partial charge in [-0.2, -0.15) is 0 Å². The molecular formula is C12H17NO3. The van der Waals surface area contributed by atoms with Gasteiger partial charge in [-0.05, 0) is 30.7 Å². The lowest BCUT2D eigenvalue weighted by Crippen LogP contribution is -2.05. The van der Waals surface area contributed by atoms with E-state index in [2.05, 4.69) is 4.74 Å². The molecule has 4 nitrogen and oxygen atoms in total. The Bertz CT molecular complexity index is 339. The Kier molecular flexibility index (Phi) is 5.53. The average molecular weight is 223 g/mol. The Morgan fingerprint density at radius 3 is 2.94 bits per heavy atom. The highest BCUT2D eigenvalue weighted by atomic mass is 16.5. The van der Waals surface area contributed by atoms with Crippen LogP contribution >= 0.6 is 0 Å². The molecule has 0 spiro atoms. The Balaban J connectivity index is 2.50. The largest absolute Gasteiger partial charge is 0.465 e. The maximum Gasteiger partial charge on any atom is 0.337 e. The number of ether oxygens (including phenoxy) is 2. The first kappa shape index (κ1) is 12.7. The number of hydrogen-bond donors (Lipinski definition) is 1. The zero-order chi connectivity index (χ0) is 11.8. The molecule has 0 fully saturated rings. The summed E-state index contributed by atoms with van der Waals surface area (Å²) in [6, 6.07) is 7.21. The Morgan fingerprint density at radius 2 is 2.25 bits per heavy atom. The molecule has 0 heterocycles. The van der Waals surface area contributed by atoms with Gasteiger partial charge in [0.15, 0.2) is 0 Å². The summed E-state index contributed by atoms with van der Waals surface area (Å²) in [6.45, 7) is 1.76. The maximum absolute atomic E-state index is 11.3. The number of carbonyl (C=O) groups is 1. The molecule has 1 aromatic carbocycles. The van der Waals surface area contributed by atoms with Gasteiger partial charge in [0.2, 0.25) is 0 Å². The molecule has 0 aliphatic carbocycles. The van der Waals surface area contributed by atoms with Crippen molar-refractivity contribution < 1.29 is 14.3 Å². The van der Waals surface area contributed by atoms with Gasteiger partial charge in [-0.1, -0.05) is 12.1 Å². The monoisotopic (exact) mass is 223 g/mol. The zero-order valence-corrected chi connectivity index (χ0v) is 9.44. The van der Waals surface area contributed by atoms with Gasteiger partial charge in [-0.15, -0.1) is 0 Å². The highest BCUT2D eigenvalue weighted by molar-refractivity contribution is 5.89. The van der Waals surface area contributed by atoms with Crippen LogP contribution in [0.25, 0.3) is 0 Å². The van der Waals surface area contributed by atoms with Gasteiger partial charge in [-0.25, -0.2) is 4.79 Å². The molecule has 0 amide bonds. The first-order valence-electron chi connectivity index (χ1n) is 5.23. The van der Waals surface area contributed by atoms with E-state index in [-0.39, 0.29) is 5.97 Å².